The molecule has 1 nitrogen and oxygen atoms in total. The quantitative estimate of drug-likeness (QED) is 0.623. The number of hydrogen-bond acceptors (Lipinski definition) is 2. The van der Waals surface area contributed by atoms with Crippen LogP contribution in [0.3, 0.4) is 0 Å². The number of nitrogens with zero attached hydrogens (tertiary/aromatic N) is 1. The largest absolute Gasteiger partial charge is 0.272 e. The van der Waals surface area contributed by atoms with Crippen molar-refractivity contribution in [3.63, 3.8) is 0 Å². The summed E-state index contributed by atoms with van der Waals surface area (Å²) in [6.07, 6.45) is 0. The van der Waals surface area contributed by atoms with Gasteiger partial charge in [0.2, 0.25) is 0 Å². The second-order valence-electron chi connectivity index (χ2n) is 1.75. The molecule has 0 aliphatic carbocycles. The fourth-order valence-electron chi connectivity index (χ4n) is 0.748. The maximum atomic E-state index is 4.12. The Morgan fingerprint density at radius 2 is 2.40 bits per heavy atom. The van der Waals surface area contributed by atoms with Crippen LogP contribution in [0.15, 0.2) is 23.7 Å². The second-order valence-corrected chi connectivity index (χ2v) is 2.63. The number of hydrogen-bond donors (Lipinski definition) is 0. The van der Waals surface area contributed by atoms with Crippen LogP contribution in [-0.4, -0.2) is 4.98 Å². The Kier molecular flexibility index (Phi) is 2.96. The summed E-state index contributed by atoms with van der Waals surface area (Å²) in [6.45, 7) is 0. The third-order valence-corrected chi connectivity index (χ3v) is 1.97. The molecule has 1 aromatic heterocycles. The number of aromatic nitrogens is 1. The van der Waals surface area contributed by atoms with Crippen molar-refractivity contribution in [1.82, 2.24) is 4.98 Å². The van der Waals surface area contributed by atoms with Crippen LogP contribution in [0.4, 0.5) is 0 Å². The average molecular weight is 223 g/mol. The van der Waals surface area contributed by atoms with E-state index < -0.39 is 0 Å². The normalized spacial score (nSPS) is 9.20. The smallest absolute Gasteiger partial charge is 0.0657 e. The molecule has 0 spiro atoms. The first-order valence-electron chi connectivity index (χ1n) is 2.66. The van der Waals surface area contributed by atoms with Gasteiger partial charge in [0.25, 0.3) is 0 Å². The van der Waals surface area contributed by atoms with Gasteiger partial charge in [0, 0.05) is 32.7 Å². The van der Waals surface area contributed by atoms with Gasteiger partial charge in [0.05, 0.1) is 5.51 Å². The molecule has 10 heavy (non-hydrogen) atoms. The summed E-state index contributed by atoms with van der Waals surface area (Å²) >= 11 is 1.64. The molecular weight excluding hydrogens is 219 g/mol. The summed E-state index contributed by atoms with van der Waals surface area (Å²) in [4.78, 5) is 4.12. The van der Waals surface area contributed by atoms with E-state index in [0.717, 1.165) is 5.52 Å². The predicted molar refractivity (Wildman–Crippen MR) is 38.5 cm³/mol. The molecule has 0 fully saturated rings. The number of rotatable bonds is 0. The van der Waals surface area contributed by atoms with Gasteiger partial charge in [-0.05, 0) is 5.52 Å². The van der Waals surface area contributed by atoms with Crippen molar-refractivity contribution in [2.45, 2.75) is 0 Å². The number of fused-ring (bicyclic) bond motifs is 1. The van der Waals surface area contributed by atoms with Crippen LogP contribution in [0.2, 0.25) is 0 Å². The van der Waals surface area contributed by atoms with E-state index in [0.29, 0.717) is 0 Å². The van der Waals surface area contributed by atoms with Gasteiger partial charge >= 0.3 is 0 Å². The first kappa shape index (κ1) is 8.31. The minimum atomic E-state index is 0. The molecule has 1 aromatic carbocycles. The van der Waals surface area contributed by atoms with E-state index in [9.17, 15) is 0 Å². The Balaban J connectivity index is 0.000000500. The summed E-state index contributed by atoms with van der Waals surface area (Å²) in [5.74, 6) is 0. The maximum absolute atomic E-state index is 4.12. The first-order chi connectivity index (χ1) is 4.47. The standard InChI is InChI=1S/C7H4NS.Y/c1-2-4-7-6(3-1)8-5-9-7;/h1,3-5H;/q-1;. The predicted octanol–water partition coefficient (Wildman–Crippen LogP) is 2.09. The van der Waals surface area contributed by atoms with Crippen molar-refractivity contribution >= 4 is 21.6 Å². The van der Waals surface area contributed by atoms with Crippen molar-refractivity contribution in [2.24, 2.45) is 0 Å². The Morgan fingerprint density at radius 1 is 1.50 bits per heavy atom. The van der Waals surface area contributed by atoms with Crippen molar-refractivity contribution < 1.29 is 32.7 Å². The zero-order valence-corrected chi connectivity index (χ0v) is 8.90. The average Bonchev–Trinajstić information content (AvgIpc) is 2.33. The van der Waals surface area contributed by atoms with E-state index in [4.69, 9.17) is 0 Å². The molecule has 1 radical (unpaired) electrons. The maximum Gasteiger partial charge on any atom is 0.0657 e. The Bertz CT molecular complexity index is 288. The second kappa shape index (κ2) is 3.56. The van der Waals surface area contributed by atoms with Crippen molar-refractivity contribution in [3.05, 3.63) is 29.8 Å². The molecule has 47 valence electrons. The first-order valence-corrected chi connectivity index (χ1v) is 3.54. The Labute approximate surface area is 88.4 Å². The van der Waals surface area contributed by atoms with Crippen LogP contribution >= 0.6 is 11.3 Å². The van der Waals surface area contributed by atoms with E-state index in [2.05, 4.69) is 11.1 Å². The van der Waals surface area contributed by atoms with E-state index >= 15 is 0 Å². The van der Waals surface area contributed by atoms with Crippen molar-refractivity contribution in [2.75, 3.05) is 0 Å². The zero-order chi connectivity index (χ0) is 6.10. The van der Waals surface area contributed by atoms with E-state index in [1.807, 2.05) is 23.7 Å². The molecule has 0 unspecified atom stereocenters. The molecule has 1 heterocycles. The van der Waals surface area contributed by atoms with Crippen molar-refractivity contribution in [1.29, 1.82) is 0 Å². The molecule has 0 amide bonds. The van der Waals surface area contributed by atoms with Gasteiger partial charge in [0.1, 0.15) is 0 Å². The molecule has 0 saturated heterocycles. The van der Waals surface area contributed by atoms with E-state index in [1.54, 1.807) is 11.3 Å². The fourth-order valence-corrected chi connectivity index (χ4v) is 1.41. The van der Waals surface area contributed by atoms with Crippen LogP contribution < -0.4 is 0 Å². The summed E-state index contributed by atoms with van der Waals surface area (Å²) in [5.41, 5.74) is 2.91. The van der Waals surface area contributed by atoms with Crippen LogP contribution in [0, 0.1) is 6.07 Å². The summed E-state index contributed by atoms with van der Waals surface area (Å²) < 4.78 is 1.21. The molecule has 2 aromatic rings. The van der Waals surface area contributed by atoms with Gasteiger partial charge in [0.15, 0.2) is 0 Å². The van der Waals surface area contributed by atoms with Crippen LogP contribution in [-0.2, 0) is 32.7 Å². The molecule has 0 aliphatic rings. The number of benzene rings is 1. The molecule has 0 N–H and O–H groups in total. The zero-order valence-electron chi connectivity index (χ0n) is 5.24. The van der Waals surface area contributed by atoms with Gasteiger partial charge < -0.3 is 0 Å². The SMILES string of the molecule is [Y].[c-]1ccc2ncsc2c1. The minimum Gasteiger partial charge on any atom is -0.272 e. The van der Waals surface area contributed by atoms with Gasteiger partial charge in [-0.3, -0.25) is 4.98 Å². The third kappa shape index (κ3) is 1.44. The Hall–Kier alpha value is 0.214. The molecule has 0 bridgehead atoms. The van der Waals surface area contributed by atoms with E-state index in [-0.39, 0.29) is 32.7 Å². The van der Waals surface area contributed by atoms with Gasteiger partial charge in [-0.2, -0.15) is 29.5 Å². The third-order valence-electron chi connectivity index (χ3n) is 1.18. The van der Waals surface area contributed by atoms with Gasteiger partial charge in [-0.15, -0.1) is 6.07 Å². The van der Waals surface area contributed by atoms with Crippen LogP contribution in [0.5, 0.6) is 0 Å². The molecule has 3 heteroatoms. The van der Waals surface area contributed by atoms with E-state index in [1.165, 1.54) is 4.70 Å². The molecule has 0 atom stereocenters. The monoisotopic (exact) mass is 223 g/mol. The summed E-state index contributed by atoms with van der Waals surface area (Å²) in [7, 11) is 0. The Morgan fingerprint density at radius 3 is 3.20 bits per heavy atom. The minimum absolute atomic E-state index is 0. The van der Waals surface area contributed by atoms with Gasteiger partial charge in [-0.25, -0.2) is 0 Å². The summed E-state index contributed by atoms with van der Waals surface area (Å²) in [6, 6.07) is 8.78. The number of thiazole rings is 1. The molecule has 2 rings (SSSR count). The van der Waals surface area contributed by atoms with Crippen LogP contribution in [0.1, 0.15) is 0 Å². The van der Waals surface area contributed by atoms with Crippen molar-refractivity contribution in [3.8, 4) is 0 Å². The molecule has 0 aliphatic heterocycles. The van der Waals surface area contributed by atoms with Crippen LogP contribution in [0.25, 0.3) is 10.2 Å². The molecule has 0 saturated carbocycles. The topological polar surface area (TPSA) is 12.9 Å². The fraction of sp³-hybridized carbons (Fsp3) is 0. The summed E-state index contributed by atoms with van der Waals surface area (Å²) in [5, 5.41) is 0. The molecular formula is C7H4NSY-. The van der Waals surface area contributed by atoms with Gasteiger partial charge in [-0.1, -0.05) is 4.70 Å².